The van der Waals surface area contributed by atoms with Gasteiger partial charge < -0.3 is 19.7 Å². The fourth-order valence-corrected chi connectivity index (χ4v) is 6.06. The summed E-state index contributed by atoms with van der Waals surface area (Å²) in [7, 11) is 0. The lowest BCUT2D eigenvalue weighted by Gasteiger charge is -2.40. The van der Waals surface area contributed by atoms with E-state index in [2.05, 4.69) is 46.2 Å². The molecule has 5 rings (SSSR count). The number of hydrogen-bond acceptors (Lipinski definition) is 6. The van der Waals surface area contributed by atoms with Gasteiger partial charge in [-0.3, -0.25) is 9.80 Å². The summed E-state index contributed by atoms with van der Waals surface area (Å²) in [5, 5.41) is 19.7. The van der Waals surface area contributed by atoms with E-state index in [9.17, 15) is 10.2 Å². The van der Waals surface area contributed by atoms with Crippen molar-refractivity contribution in [3.05, 3.63) is 58.7 Å². The second-order valence-electron chi connectivity index (χ2n) is 10.6. The van der Waals surface area contributed by atoms with E-state index in [-0.39, 0.29) is 17.6 Å². The summed E-state index contributed by atoms with van der Waals surface area (Å²) < 4.78 is 12.0. The highest BCUT2D eigenvalue weighted by atomic mass is 16.5. The zero-order valence-electron chi connectivity index (χ0n) is 20.5. The number of hydrogen-bond donors (Lipinski definition) is 2. The van der Waals surface area contributed by atoms with E-state index < -0.39 is 0 Å². The number of ether oxygens (including phenoxy) is 2. The van der Waals surface area contributed by atoms with Crippen molar-refractivity contribution in [3.63, 3.8) is 0 Å². The molecule has 1 saturated carbocycles. The predicted octanol–water partition coefficient (Wildman–Crippen LogP) is 4.00. The van der Waals surface area contributed by atoms with Crippen LogP contribution >= 0.6 is 0 Å². The van der Waals surface area contributed by atoms with Gasteiger partial charge in [-0.25, -0.2) is 0 Å². The van der Waals surface area contributed by atoms with Gasteiger partial charge in [0.15, 0.2) is 0 Å². The highest BCUT2D eigenvalue weighted by Crippen LogP contribution is 2.47. The molecule has 0 spiro atoms. The van der Waals surface area contributed by atoms with E-state index >= 15 is 0 Å². The molecule has 184 valence electrons. The van der Waals surface area contributed by atoms with Crippen LogP contribution in [0.2, 0.25) is 0 Å². The van der Waals surface area contributed by atoms with Gasteiger partial charge in [0.05, 0.1) is 12.2 Å². The molecule has 2 atom stereocenters. The molecule has 3 aliphatic rings. The Kier molecular flexibility index (Phi) is 6.85. The van der Waals surface area contributed by atoms with E-state index in [0.29, 0.717) is 26.6 Å². The molecule has 0 saturated heterocycles. The van der Waals surface area contributed by atoms with Crippen LogP contribution in [0.15, 0.2) is 36.4 Å². The molecular formula is C28H38N2O4. The molecule has 34 heavy (non-hydrogen) atoms. The normalized spacial score (nSPS) is 22.1. The number of rotatable bonds is 6. The molecule has 0 amide bonds. The van der Waals surface area contributed by atoms with Gasteiger partial charge >= 0.3 is 0 Å². The molecule has 2 aromatic carbocycles. The van der Waals surface area contributed by atoms with Crippen molar-refractivity contribution in [3.8, 4) is 11.5 Å². The molecule has 2 aromatic rings. The van der Waals surface area contributed by atoms with Crippen molar-refractivity contribution in [2.24, 2.45) is 0 Å². The van der Waals surface area contributed by atoms with Gasteiger partial charge in [-0.05, 0) is 62.1 Å². The SMILES string of the molecule is CC(O)CN1COc2ccc(C3(c4ccc5c(c4)CN(CC(C)O)CO5)CCCCC3)cc2C1. The number of fused-ring (bicyclic) bond motifs is 2. The van der Waals surface area contributed by atoms with E-state index in [4.69, 9.17) is 9.47 Å². The smallest absolute Gasteiger partial charge is 0.142 e. The maximum atomic E-state index is 9.84. The molecule has 2 unspecified atom stereocenters. The zero-order chi connectivity index (χ0) is 23.7. The number of β-amino-alcohol motifs (C(OH)–C–C–N with tert-alkyl or cyclic N) is 2. The number of aliphatic hydroxyl groups excluding tert-OH is 2. The van der Waals surface area contributed by atoms with Crippen molar-refractivity contribution < 1.29 is 19.7 Å². The lowest BCUT2D eigenvalue weighted by Crippen LogP contribution is -2.38. The summed E-state index contributed by atoms with van der Waals surface area (Å²) in [5.74, 6) is 1.92. The van der Waals surface area contributed by atoms with Crippen LogP contribution in [0.25, 0.3) is 0 Å². The van der Waals surface area contributed by atoms with Gasteiger partial charge in [-0.2, -0.15) is 0 Å². The van der Waals surface area contributed by atoms with Crippen LogP contribution < -0.4 is 9.47 Å². The van der Waals surface area contributed by atoms with E-state index in [1.54, 1.807) is 0 Å². The number of nitrogens with zero attached hydrogens (tertiary/aromatic N) is 2. The van der Waals surface area contributed by atoms with Gasteiger partial charge in [0.2, 0.25) is 0 Å². The Morgan fingerprint density at radius 3 is 1.68 bits per heavy atom. The van der Waals surface area contributed by atoms with Gasteiger partial charge in [-0.1, -0.05) is 31.4 Å². The van der Waals surface area contributed by atoms with Gasteiger partial charge in [0, 0.05) is 42.7 Å². The first-order valence-corrected chi connectivity index (χ1v) is 12.8. The maximum absolute atomic E-state index is 9.84. The largest absolute Gasteiger partial charge is 0.478 e. The van der Waals surface area contributed by atoms with Crippen LogP contribution in [0.5, 0.6) is 11.5 Å². The summed E-state index contributed by atoms with van der Waals surface area (Å²) in [4.78, 5) is 4.33. The molecule has 6 nitrogen and oxygen atoms in total. The van der Waals surface area contributed by atoms with Crippen LogP contribution in [-0.4, -0.2) is 58.8 Å². The Morgan fingerprint density at radius 1 is 0.765 bits per heavy atom. The fourth-order valence-electron chi connectivity index (χ4n) is 6.06. The van der Waals surface area contributed by atoms with E-state index in [0.717, 1.165) is 37.4 Å². The average molecular weight is 467 g/mol. The molecule has 1 aliphatic carbocycles. The number of benzene rings is 2. The first-order chi connectivity index (χ1) is 16.4. The minimum Gasteiger partial charge on any atom is -0.478 e. The quantitative estimate of drug-likeness (QED) is 0.671. The van der Waals surface area contributed by atoms with Crippen LogP contribution in [0.1, 0.15) is 68.2 Å². The van der Waals surface area contributed by atoms with E-state index in [1.165, 1.54) is 41.5 Å². The molecular weight excluding hydrogens is 428 g/mol. The summed E-state index contributed by atoms with van der Waals surface area (Å²) in [6.07, 6.45) is 5.27. The molecule has 1 fully saturated rings. The average Bonchev–Trinajstić information content (AvgIpc) is 2.83. The van der Waals surface area contributed by atoms with Gasteiger partial charge in [0.1, 0.15) is 25.0 Å². The Hall–Kier alpha value is -2.12. The standard InChI is InChI=1S/C28H38N2O4/c1-20(31)14-29-16-22-12-24(6-8-26(22)33-18-29)28(10-4-3-5-11-28)25-7-9-27-23(13-25)17-30(19-34-27)15-21(2)32/h6-9,12-13,20-21,31-32H,3-5,10-11,14-19H2,1-2H3. The van der Waals surface area contributed by atoms with Crippen molar-refractivity contribution in [1.29, 1.82) is 0 Å². The van der Waals surface area contributed by atoms with Crippen LogP contribution in [-0.2, 0) is 18.5 Å². The summed E-state index contributed by atoms with van der Waals surface area (Å²) in [5.41, 5.74) is 5.14. The topological polar surface area (TPSA) is 65.4 Å². The minimum atomic E-state index is -0.371. The third kappa shape index (κ3) is 4.82. The summed E-state index contributed by atoms with van der Waals surface area (Å²) in [6, 6.07) is 13.5. The lowest BCUT2D eigenvalue weighted by atomic mass is 9.65. The molecule has 2 aliphatic heterocycles. The van der Waals surface area contributed by atoms with Crippen molar-refractivity contribution in [2.45, 2.75) is 76.7 Å². The maximum Gasteiger partial charge on any atom is 0.142 e. The lowest BCUT2D eigenvalue weighted by molar-refractivity contribution is 0.0499. The molecule has 2 N–H and O–H groups in total. The fraction of sp³-hybridized carbons (Fsp3) is 0.571. The third-order valence-electron chi connectivity index (χ3n) is 7.57. The second kappa shape index (κ2) is 9.86. The molecule has 0 bridgehead atoms. The van der Waals surface area contributed by atoms with Crippen molar-refractivity contribution in [1.82, 2.24) is 9.80 Å². The van der Waals surface area contributed by atoms with Gasteiger partial charge in [0.25, 0.3) is 0 Å². The monoisotopic (exact) mass is 466 g/mol. The first-order valence-electron chi connectivity index (χ1n) is 12.8. The van der Waals surface area contributed by atoms with Crippen molar-refractivity contribution >= 4 is 0 Å². The zero-order valence-corrected chi connectivity index (χ0v) is 20.5. The molecule has 0 aromatic heterocycles. The summed E-state index contributed by atoms with van der Waals surface area (Å²) >= 11 is 0. The second-order valence-corrected chi connectivity index (χ2v) is 10.6. The first kappa shape index (κ1) is 23.6. The van der Waals surface area contributed by atoms with Crippen LogP contribution in [0, 0.1) is 0 Å². The Labute approximate surface area is 203 Å². The molecule has 2 heterocycles. The van der Waals surface area contributed by atoms with E-state index in [1.807, 2.05) is 13.8 Å². The highest BCUT2D eigenvalue weighted by Gasteiger charge is 2.37. The van der Waals surface area contributed by atoms with Crippen LogP contribution in [0.3, 0.4) is 0 Å². The highest BCUT2D eigenvalue weighted by molar-refractivity contribution is 5.49. The summed E-state index contributed by atoms with van der Waals surface area (Å²) in [6.45, 7) is 7.53. The molecule has 6 heteroatoms. The number of aliphatic hydroxyl groups is 2. The minimum absolute atomic E-state index is 0.0125. The molecule has 0 radical (unpaired) electrons. The Morgan fingerprint density at radius 2 is 1.24 bits per heavy atom. The van der Waals surface area contributed by atoms with Crippen molar-refractivity contribution in [2.75, 3.05) is 26.6 Å². The predicted molar refractivity (Wildman–Crippen MR) is 132 cm³/mol. The van der Waals surface area contributed by atoms with Crippen LogP contribution in [0.4, 0.5) is 0 Å². The van der Waals surface area contributed by atoms with Gasteiger partial charge in [-0.15, -0.1) is 0 Å². The Balaban J connectivity index is 1.48. The third-order valence-corrected chi connectivity index (χ3v) is 7.57. The Bertz CT molecular complexity index is 926.